The van der Waals surface area contributed by atoms with E-state index >= 15 is 0 Å². The van der Waals surface area contributed by atoms with Crippen molar-refractivity contribution >= 4 is 0 Å². The highest BCUT2D eigenvalue weighted by molar-refractivity contribution is 4.89. The average molecular weight is 433 g/mol. The van der Waals surface area contributed by atoms with Crippen molar-refractivity contribution in [2.75, 3.05) is 13.2 Å². The fraction of sp³-hybridized carbons (Fsp3) is 1.00. The maximum Gasteiger partial charge on any atom is 0.184 e. The van der Waals surface area contributed by atoms with E-state index in [-0.39, 0.29) is 0 Å². The maximum absolute atomic E-state index is 10.1. The van der Waals surface area contributed by atoms with E-state index in [1.54, 1.807) is 0 Å². The number of aliphatic hydroxyl groups is 4. The van der Waals surface area contributed by atoms with Gasteiger partial charge < -0.3 is 29.9 Å². The largest absolute Gasteiger partial charge is 0.394 e. The fourth-order valence-corrected chi connectivity index (χ4v) is 4.13. The molecule has 0 aliphatic carbocycles. The van der Waals surface area contributed by atoms with Gasteiger partial charge in [-0.15, -0.1) is 0 Å². The standard InChI is InChI=1S/C24H48O6/c1-2-3-4-5-6-7-8-9-10-11-12-13-14-15-16-17-18-29-23-21(26)20(19-25)30-24(28)22(23)27/h20-28H,2-19H2,1H3/t20-,21-,22-,23+,24?/m1/s1. The van der Waals surface area contributed by atoms with Crippen molar-refractivity contribution in [1.82, 2.24) is 0 Å². The molecule has 6 nitrogen and oxygen atoms in total. The summed E-state index contributed by atoms with van der Waals surface area (Å²) in [6.45, 7) is 2.26. The van der Waals surface area contributed by atoms with Crippen molar-refractivity contribution in [2.24, 2.45) is 0 Å². The molecule has 180 valence electrons. The Morgan fingerprint density at radius 2 is 1.07 bits per heavy atom. The van der Waals surface area contributed by atoms with E-state index in [1.165, 1.54) is 89.9 Å². The highest BCUT2D eigenvalue weighted by atomic mass is 16.6. The smallest absolute Gasteiger partial charge is 0.184 e. The fourth-order valence-electron chi connectivity index (χ4n) is 4.13. The summed E-state index contributed by atoms with van der Waals surface area (Å²) in [6, 6.07) is 0. The number of ether oxygens (including phenoxy) is 2. The van der Waals surface area contributed by atoms with E-state index in [2.05, 4.69) is 6.92 Å². The molecule has 0 saturated carbocycles. The van der Waals surface area contributed by atoms with Crippen molar-refractivity contribution in [1.29, 1.82) is 0 Å². The summed E-state index contributed by atoms with van der Waals surface area (Å²) in [4.78, 5) is 0. The summed E-state index contributed by atoms with van der Waals surface area (Å²) in [5, 5.41) is 38.8. The van der Waals surface area contributed by atoms with Crippen LogP contribution in [0.15, 0.2) is 0 Å². The second kappa shape index (κ2) is 18.3. The van der Waals surface area contributed by atoms with Gasteiger partial charge in [0.2, 0.25) is 0 Å². The van der Waals surface area contributed by atoms with Gasteiger partial charge in [0.1, 0.15) is 24.4 Å². The Morgan fingerprint density at radius 3 is 1.50 bits per heavy atom. The molecule has 6 heteroatoms. The van der Waals surface area contributed by atoms with Gasteiger partial charge in [-0.3, -0.25) is 0 Å². The van der Waals surface area contributed by atoms with Crippen molar-refractivity contribution in [3.63, 3.8) is 0 Å². The normalized spacial score (nSPS) is 26.9. The van der Waals surface area contributed by atoms with E-state index in [9.17, 15) is 20.4 Å². The number of unbranched alkanes of at least 4 members (excludes halogenated alkanes) is 15. The molecule has 30 heavy (non-hydrogen) atoms. The topological polar surface area (TPSA) is 99.4 Å². The van der Waals surface area contributed by atoms with E-state index in [0.717, 1.165) is 12.8 Å². The average Bonchev–Trinajstić information content (AvgIpc) is 2.75. The predicted octanol–water partition coefficient (Wildman–Crippen LogP) is 4.06. The van der Waals surface area contributed by atoms with Crippen LogP contribution in [-0.2, 0) is 9.47 Å². The molecule has 1 unspecified atom stereocenters. The summed E-state index contributed by atoms with van der Waals surface area (Å²) in [7, 11) is 0. The Hall–Kier alpha value is -0.240. The van der Waals surface area contributed by atoms with Crippen LogP contribution >= 0.6 is 0 Å². The molecular formula is C24H48O6. The minimum absolute atomic E-state index is 0.419. The number of hydrogen-bond donors (Lipinski definition) is 4. The maximum atomic E-state index is 10.1. The Bertz CT molecular complexity index is 381. The van der Waals surface area contributed by atoms with Crippen LogP contribution in [0.4, 0.5) is 0 Å². The molecule has 4 N–H and O–H groups in total. The predicted molar refractivity (Wildman–Crippen MR) is 119 cm³/mol. The highest BCUT2D eigenvalue weighted by Crippen LogP contribution is 2.22. The Labute approximate surface area is 184 Å². The van der Waals surface area contributed by atoms with Crippen molar-refractivity contribution in [2.45, 2.75) is 140 Å². The number of rotatable bonds is 19. The molecule has 5 atom stereocenters. The number of aliphatic hydroxyl groups excluding tert-OH is 4. The van der Waals surface area contributed by atoms with Crippen molar-refractivity contribution in [3.8, 4) is 0 Å². The van der Waals surface area contributed by atoms with Gasteiger partial charge in [0.15, 0.2) is 6.29 Å². The molecule has 0 aromatic carbocycles. The van der Waals surface area contributed by atoms with Crippen LogP contribution in [0.25, 0.3) is 0 Å². The summed E-state index contributed by atoms with van der Waals surface area (Å²) in [5.41, 5.74) is 0. The molecule has 0 amide bonds. The molecule has 1 aliphatic rings. The summed E-state index contributed by atoms with van der Waals surface area (Å²) in [5.74, 6) is 0. The van der Waals surface area contributed by atoms with Gasteiger partial charge in [0.05, 0.1) is 6.61 Å². The van der Waals surface area contributed by atoms with E-state index in [1.807, 2.05) is 0 Å². The van der Waals surface area contributed by atoms with Gasteiger partial charge in [-0.2, -0.15) is 0 Å². The third-order valence-electron chi connectivity index (χ3n) is 6.15. The third-order valence-corrected chi connectivity index (χ3v) is 6.15. The molecule has 1 fully saturated rings. The van der Waals surface area contributed by atoms with Crippen molar-refractivity contribution < 1.29 is 29.9 Å². The molecule has 0 bridgehead atoms. The van der Waals surface area contributed by atoms with Crippen molar-refractivity contribution in [3.05, 3.63) is 0 Å². The lowest BCUT2D eigenvalue weighted by Crippen LogP contribution is -2.59. The van der Waals surface area contributed by atoms with Crippen LogP contribution in [0.2, 0.25) is 0 Å². The lowest BCUT2D eigenvalue weighted by Gasteiger charge is -2.39. The first-order chi connectivity index (χ1) is 14.6. The van der Waals surface area contributed by atoms with Crippen LogP contribution in [0.3, 0.4) is 0 Å². The van der Waals surface area contributed by atoms with E-state index in [0.29, 0.717) is 6.61 Å². The molecule has 0 aromatic rings. The van der Waals surface area contributed by atoms with Gasteiger partial charge in [-0.05, 0) is 6.42 Å². The van der Waals surface area contributed by atoms with Gasteiger partial charge in [-0.25, -0.2) is 0 Å². The number of hydrogen-bond acceptors (Lipinski definition) is 6. The van der Waals surface area contributed by atoms with Gasteiger partial charge in [-0.1, -0.05) is 103 Å². The molecule has 0 aromatic heterocycles. The van der Waals surface area contributed by atoms with Gasteiger partial charge in [0, 0.05) is 6.61 Å². The summed E-state index contributed by atoms with van der Waals surface area (Å²) in [6.07, 6.45) is 15.1. The van der Waals surface area contributed by atoms with Crippen LogP contribution in [0.5, 0.6) is 0 Å². The second-order valence-corrected chi connectivity index (χ2v) is 8.87. The zero-order chi connectivity index (χ0) is 22.0. The van der Waals surface area contributed by atoms with Crippen LogP contribution in [-0.4, -0.2) is 64.3 Å². The first-order valence-electron chi connectivity index (χ1n) is 12.5. The molecule has 1 heterocycles. The Morgan fingerprint density at radius 1 is 0.633 bits per heavy atom. The highest BCUT2D eigenvalue weighted by Gasteiger charge is 2.44. The molecule has 1 saturated heterocycles. The quantitative estimate of drug-likeness (QED) is 0.230. The lowest BCUT2D eigenvalue weighted by molar-refractivity contribution is -0.294. The summed E-state index contributed by atoms with van der Waals surface area (Å²) >= 11 is 0. The van der Waals surface area contributed by atoms with Crippen LogP contribution < -0.4 is 0 Å². The van der Waals surface area contributed by atoms with Gasteiger partial charge in [0.25, 0.3) is 0 Å². The first kappa shape index (κ1) is 27.8. The zero-order valence-electron chi connectivity index (χ0n) is 19.2. The minimum atomic E-state index is -1.44. The SMILES string of the molecule is CCCCCCCCCCCCCCCCCCO[C@H]1[C@H](O)[C@@H](CO)OC(O)[C@@H]1O. The Balaban J connectivity index is 1.87. The van der Waals surface area contributed by atoms with E-state index < -0.39 is 37.3 Å². The van der Waals surface area contributed by atoms with E-state index in [4.69, 9.17) is 9.47 Å². The summed E-state index contributed by atoms with van der Waals surface area (Å²) < 4.78 is 10.5. The molecule has 1 aliphatic heterocycles. The van der Waals surface area contributed by atoms with Crippen LogP contribution in [0, 0.1) is 0 Å². The monoisotopic (exact) mass is 432 g/mol. The lowest BCUT2D eigenvalue weighted by atomic mass is 9.99. The minimum Gasteiger partial charge on any atom is -0.394 e. The zero-order valence-corrected chi connectivity index (χ0v) is 19.2. The second-order valence-electron chi connectivity index (χ2n) is 8.87. The third kappa shape index (κ3) is 12.0. The molecule has 0 spiro atoms. The molecular weight excluding hydrogens is 384 g/mol. The molecule has 1 rings (SSSR count). The first-order valence-corrected chi connectivity index (χ1v) is 12.5. The van der Waals surface area contributed by atoms with Crippen LogP contribution in [0.1, 0.15) is 110 Å². The Kier molecular flexibility index (Phi) is 17.0. The molecule has 0 radical (unpaired) electrons. The van der Waals surface area contributed by atoms with Gasteiger partial charge >= 0.3 is 0 Å².